The molecule has 0 saturated carbocycles. The number of hydrogen-bond acceptors (Lipinski definition) is 4. The Balaban J connectivity index is 1.77. The molecule has 3 aromatic rings. The van der Waals surface area contributed by atoms with E-state index in [-0.39, 0.29) is 11.6 Å². The number of H-pyrrole nitrogens is 1. The first kappa shape index (κ1) is 23.6. The maximum atomic E-state index is 13.5. The molecule has 0 amide bonds. The van der Waals surface area contributed by atoms with Gasteiger partial charge >= 0.3 is 15.5 Å². The van der Waals surface area contributed by atoms with Gasteiger partial charge in [0.1, 0.15) is 0 Å². The number of rotatable bonds is 6. The molecule has 11 heteroatoms. The Morgan fingerprint density at radius 3 is 2.55 bits per heavy atom. The van der Waals surface area contributed by atoms with Gasteiger partial charge in [-0.25, -0.2) is 13.4 Å². The van der Waals surface area contributed by atoms with E-state index in [9.17, 15) is 21.6 Å². The van der Waals surface area contributed by atoms with Gasteiger partial charge in [0.15, 0.2) is 0 Å². The Morgan fingerprint density at radius 2 is 1.88 bits per heavy atom. The van der Waals surface area contributed by atoms with Crippen LogP contribution >= 0.6 is 11.6 Å². The zero-order valence-corrected chi connectivity index (χ0v) is 19.0. The van der Waals surface area contributed by atoms with E-state index in [0.717, 1.165) is 11.3 Å². The maximum Gasteiger partial charge on any atom is 0.511 e. The zero-order valence-electron chi connectivity index (χ0n) is 17.5. The number of halogens is 4. The van der Waals surface area contributed by atoms with Crippen LogP contribution < -0.4 is 4.90 Å². The normalized spacial score (nSPS) is 17.6. The minimum atomic E-state index is -5.56. The average molecular weight is 499 g/mol. The lowest BCUT2D eigenvalue weighted by molar-refractivity contribution is -0.0492. The van der Waals surface area contributed by atoms with E-state index in [4.69, 9.17) is 11.6 Å². The molecular formula is C22H22ClF3N4O2S. The second kappa shape index (κ2) is 9.36. The number of aryl methyl sites for hydroxylation is 1. The van der Waals surface area contributed by atoms with E-state index in [0.29, 0.717) is 34.9 Å². The predicted molar refractivity (Wildman–Crippen MR) is 120 cm³/mol. The molecule has 1 atom stereocenters. The molecular weight excluding hydrogens is 477 g/mol. The molecule has 0 fully saturated rings. The van der Waals surface area contributed by atoms with Gasteiger partial charge in [0, 0.05) is 41.6 Å². The van der Waals surface area contributed by atoms with Crippen molar-refractivity contribution < 1.29 is 21.6 Å². The van der Waals surface area contributed by atoms with Crippen molar-refractivity contribution in [2.45, 2.75) is 37.5 Å². The molecule has 1 N–H and O–H groups in total. The van der Waals surface area contributed by atoms with E-state index in [1.54, 1.807) is 24.4 Å². The van der Waals surface area contributed by atoms with Crippen LogP contribution in [0, 0.1) is 0 Å². The molecule has 1 aliphatic rings. The van der Waals surface area contributed by atoms with Crippen LogP contribution in [0.2, 0.25) is 5.02 Å². The van der Waals surface area contributed by atoms with Gasteiger partial charge in [-0.1, -0.05) is 48.0 Å². The Hall–Kier alpha value is -2.56. The number of aromatic amines is 1. The Morgan fingerprint density at radius 1 is 1.12 bits per heavy atom. The summed E-state index contributed by atoms with van der Waals surface area (Å²) in [5.74, 6) is 0. The number of imidazole rings is 1. The predicted octanol–water partition coefficient (Wildman–Crippen LogP) is 4.74. The van der Waals surface area contributed by atoms with Gasteiger partial charge in [0.2, 0.25) is 0 Å². The van der Waals surface area contributed by atoms with E-state index >= 15 is 0 Å². The quantitative estimate of drug-likeness (QED) is 0.533. The van der Waals surface area contributed by atoms with E-state index in [2.05, 4.69) is 9.97 Å². The minimum absolute atomic E-state index is 0.216. The molecule has 0 radical (unpaired) electrons. The van der Waals surface area contributed by atoms with Crippen molar-refractivity contribution in [2.24, 2.45) is 0 Å². The molecule has 1 aliphatic heterocycles. The second-order valence-corrected chi connectivity index (χ2v) is 10.2. The van der Waals surface area contributed by atoms with Gasteiger partial charge in [-0.3, -0.25) is 0 Å². The number of benzene rings is 2. The number of fused-ring (bicyclic) bond motifs is 1. The van der Waals surface area contributed by atoms with Crippen LogP contribution in [0.4, 0.5) is 18.9 Å². The molecule has 6 nitrogen and oxygen atoms in total. The summed E-state index contributed by atoms with van der Waals surface area (Å²) in [6, 6.07) is 14.0. The molecule has 0 bridgehead atoms. The molecule has 176 valence electrons. The number of sulfonamides is 1. The zero-order chi connectivity index (χ0) is 23.6. The third-order valence-corrected chi connectivity index (χ3v) is 7.63. The summed E-state index contributed by atoms with van der Waals surface area (Å²) >= 11 is 6.36. The molecule has 0 saturated heterocycles. The summed E-state index contributed by atoms with van der Waals surface area (Å²) in [5, 5.41) is 0.216. The van der Waals surface area contributed by atoms with Gasteiger partial charge in [-0.2, -0.15) is 17.5 Å². The van der Waals surface area contributed by atoms with Crippen molar-refractivity contribution in [2.75, 3.05) is 11.4 Å². The van der Waals surface area contributed by atoms with Gasteiger partial charge in [0.25, 0.3) is 0 Å². The highest BCUT2D eigenvalue weighted by molar-refractivity contribution is 7.89. The summed E-state index contributed by atoms with van der Waals surface area (Å²) in [5.41, 5.74) is -2.70. The molecule has 0 aliphatic carbocycles. The summed E-state index contributed by atoms with van der Waals surface area (Å²) < 4.78 is 65.9. The monoisotopic (exact) mass is 498 g/mol. The number of nitrogens with one attached hydrogen (secondary N) is 1. The SMILES string of the molecule is O=S(=O)(N1Cc2c(Cl)cccc2N(Cc2cnc[nH]2)C(CCc2ccccc2)C1)C(F)(F)F. The third kappa shape index (κ3) is 5.02. The van der Waals surface area contributed by atoms with Gasteiger partial charge in [0.05, 0.1) is 18.6 Å². The van der Waals surface area contributed by atoms with Crippen LogP contribution in [0.15, 0.2) is 61.1 Å². The fourth-order valence-electron chi connectivity index (χ4n) is 4.07. The first-order chi connectivity index (χ1) is 15.7. The molecule has 1 aromatic heterocycles. The topological polar surface area (TPSA) is 69.3 Å². The Kier molecular flexibility index (Phi) is 6.69. The lowest BCUT2D eigenvalue weighted by Crippen LogP contribution is -2.47. The summed E-state index contributed by atoms with van der Waals surface area (Å²) in [4.78, 5) is 8.96. The van der Waals surface area contributed by atoms with Crippen molar-refractivity contribution in [3.63, 3.8) is 0 Å². The minimum Gasteiger partial charge on any atom is -0.361 e. The number of anilines is 1. The number of nitrogens with zero attached hydrogens (tertiary/aromatic N) is 3. The summed E-state index contributed by atoms with van der Waals surface area (Å²) in [6.45, 7) is -0.474. The van der Waals surface area contributed by atoms with Crippen LogP contribution in [-0.4, -0.2) is 40.8 Å². The molecule has 33 heavy (non-hydrogen) atoms. The van der Waals surface area contributed by atoms with E-state index < -0.39 is 28.1 Å². The van der Waals surface area contributed by atoms with Crippen LogP contribution in [0.5, 0.6) is 0 Å². The standard InChI is InChI=1S/C22H22ClF3N4O2S/c23-20-7-4-8-21-19(20)14-29(33(31,32)22(24,25)26)13-18(10-9-16-5-2-1-3-6-16)30(21)12-17-11-27-15-28-17/h1-8,11,15,18H,9-10,12-14H2,(H,27,28). The first-order valence-corrected chi connectivity index (χ1v) is 12.1. The van der Waals surface area contributed by atoms with Crippen molar-refractivity contribution >= 4 is 27.3 Å². The molecule has 2 heterocycles. The number of aromatic nitrogens is 2. The maximum absolute atomic E-state index is 13.5. The highest BCUT2D eigenvalue weighted by Gasteiger charge is 2.51. The fraction of sp³-hybridized carbons (Fsp3) is 0.318. The largest absolute Gasteiger partial charge is 0.511 e. The molecule has 0 spiro atoms. The van der Waals surface area contributed by atoms with Gasteiger partial charge in [-0.05, 0) is 30.5 Å². The summed E-state index contributed by atoms with van der Waals surface area (Å²) in [7, 11) is -5.56. The fourth-order valence-corrected chi connectivity index (χ4v) is 5.26. The van der Waals surface area contributed by atoms with E-state index in [1.165, 1.54) is 6.33 Å². The van der Waals surface area contributed by atoms with Crippen LogP contribution in [-0.2, 0) is 29.5 Å². The lowest BCUT2D eigenvalue weighted by Gasteiger charge is -2.34. The van der Waals surface area contributed by atoms with Crippen molar-refractivity contribution in [1.82, 2.24) is 14.3 Å². The summed E-state index contributed by atoms with van der Waals surface area (Å²) in [6.07, 6.45) is 4.16. The number of hydrogen-bond donors (Lipinski definition) is 1. The highest BCUT2D eigenvalue weighted by Crippen LogP contribution is 2.38. The first-order valence-electron chi connectivity index (χ1n) is 10.3. The smallest absolute Gasteiger partial charge is 0.361 e. The van der Waals surface area contributed by atoms with Crippen molar-refractivity contribution in [1.29, 1.82) is 0 Å². The highest BCUT2D eigenvalue weighted by atomic mass is 35.5. The van der Waals surface area contributed by atoms with Crippen LogP contribution in [0.3, 0.4) is 0 Å². The third-order valence-electron chi connectivity index (χ3n) is 5.73. The van der Waals surface area contributed by atoms with Crippen LogP contribution in [0.25, 0.3) is 0 Å². The Labute approximate surface area is 195 Å². The Bertz CT molecular complexity index is 1190. The van der Waals surface area contributed by atoms with Gasteiger partial charge in [-0.15, -0.1) is 0 Å². The van der Waals surface area contributed by atoms with Crippen molar-refractivity contribution in [3.8, 4) is 0 Å². The molecule has 4 rings (SSSR count). The second-order valence-electron chi connectivity index (χ2n) is 7.86. The average Bonchev–Trinajstić information content (AvgIpc) is 3.22. The van der Waals surface area contributed by atoms with Crippen molar-refractivity contribution in [3.05, 3.63) is 82.9 Å². The van der Waals surface area contributed by atoms with E-state index in [1.807, 2.05) is 35.2 Å². The lowest BCUT2D eigenvalue weighted by atomic mass is 10.0. The van der Waals surface area contributed by atoms with Gasteiger partial charge < -0.3 is 9.88 Å². The molecule has 2 aromatic carbocycles. The number of alkyl halides is 3. The van der Waals surface area contributed by atoms with Crippen LogP contribution in [0.1, 0.15) is 23.2 Å². The molecule has 1 unspecified atom stereocenters.